The molecule has 0 aliphatic heterocycles. The molecular formula is C14H26N4O2. The van der Waals surface area contributed by atoms with Crippen molar-refractivity contribution in [2.45, 2.75) is 13.0 Å². The second kappa shape index (κ2) is 9.39. The van der Waals surface area contributed by atoms with Crippen molar-refractivity contribution in [1.29, 1.82) is 0 Å². The van der Waals surface area contributed by atoms with Gasteiger partial charge in [0.2, 0.25) is 0 Å². The number of ether oxygens (including phenoxy) is 1. The van der Waals surface area contributed by atoms with E-state index in [0.717, 1.165) is 24.8 Å². The largest absolute Gasteiger partial charge is 0.468 e. The summed E-state index contributed by atoms with van der Waals surface area (Å²) in [4.78, 5) is 6.70. The zero-order valence-corrected chi connectivity index (χ0v) is 12.8. The molecule has 0 radical (unpaired) electrons. The third-order valence-electron chi connectivity index (χ3n) is 2.86. The Morgan fingerprint density at radius 3 is 2.80 bits per heavy atom. The van der Waals surface area contributed by atoms with Gasteiger partial charge in [0.05, 0.1) is 25.5 Å². The van der Waals surface area contributed by atoms with Crippen molar-refractivity contribution in [3.63, 3.8) is 0 Å². The highest BCUT2D eigenvalue weighted by atomic mass is 16.5. The van der Waals surface area contributed by atoms with Gasteiger partial charge in [0.25, 0.3) is 0 Å². The van der Waals surface area contributed by atoms with Crippen LogP contribution in [0, 0.1) is 0 Å². The minimum atomic E-state index is 0.128. The molecule has 6 heteroatoms. The molecule has 20 heavy (non-hydrogen) atoms. The van der Waals surface area contributed by atoms with Gasteiger partial charge >= 0.3 is 0 Å². The lowest BCUT2D eigenvalue weighted by Gasteiger charge is -2.21. The maximum absolute atomic E-state index is 5.48. The van der Waals surface area contributed by atoms with Crippen LogP contribution in [0.1, 0.15) is 18.7 Å². The highest BCUT2D eigenvalue weighted by molar-refractivity contribution is 5.79. The normalized spacial score (nSPS) is 13.6. The maximum Gasteiger partial charge on any atom is 0.191 e. The van der Waals surface area contributed by atoms with E-state index in [1.54, 1.807) is 13.4 Å². The Hall–Kier alpha value is -1.53. The van der Waals surface area contributed by atoms with Gasteiger partial charge < -0.3 is 19.8 Å². The number of rotatable bonds is 8. The van der Waals surface area contributed by atoms with Gasteiger partial charge in [-0.15, -0.1) is 0 Å². The van der Waals surface area contributed by atoms with Gasteiger partial charge in [0.15, 0.2) is 5.96 Å². The van der Waals surface area contributed by atoms with E-state index in [4.69, 9.17) is 9.15 Å². The summed E-state index contributed by atoms with van der Waals surface area (Å²) in [5.41, 5.74) is 0. The summed E-state index contributed by atoms with van der Waals surface area (Å²) in [7, 11) is 5.73. The molecule has 0 saturated heterocycles. The molecule has 0 saturated carbocycles. The fraction of sp³-hybridized carbons (Fsp3) is 0.643. The lowest BCUT2D eigenvalue weighted by Crippen LogP contribution is -2.39. The molecule has 0 aliphatic carbocycles. The summed E-state index contributed by atoms with van der Waals surface area (Å²) in [5.74, 6) is 1.72. The van der Waals surface area contributed by atoms with Gasteiger partial charge in [0, 0.05) is 20.2 Å². The summed E-state index contributed by atoms with van der Waals surface area (Å²) in [5, 5.41) is 6.44. The van der Waals surface area contributed by atoms with Gasteiger partial charge in [-0.1, -0.05) is 0 Å². The molecule has 1 atom stereocenters. The van der Waals surface area contributed by atoms with Crippen molar-refractivity contribution in [2.75, 3.05) is 47.4 Å². The molecule has 0 aromatic carbocycles. The Balaban J connectivity index is 2.62. The number of nitrogens with zero attached hydrogens (tertiary/aromatic N) is 2. The van der Waals surface area contributed by atoms with Gasteiger partial charge in [-0.2, -0.15) is 0 Å². The molecule has 0 amide bonds. The van der Waals surface area contributed by atoms with Crippen LogP contribution in [0.4, 0.5) is 0 Å². The van der Waals surface area contributed by atoms with Gasteiger partial charge in [0.1, 0.15) is 5.76 Å². The smallest absolute Gasteiger partial charge is 0.191 e. The van der Waals surface area contributed by atoms with E-state index < -0.39 is 0 Å². The molecule has 1 heterocycles. The number of hydrogen-bond acceptors (Lipinski definition) is 4. The van der Waals surface area contributed by atoms with Crippen LogP contribution in [0.2, 0.25) is 0 Å². The lowest BCUT2D eigenvalue weighted by atomic mass is 10.2. The van der Waals surface area contributed by atoms with Crippen molar-refractivity contribution < 1.29 is 9.15 Å². The standard InChI is InChI=1S/C14H26N4O2/c1-5-15-14(16-8-10-19-4)17-11-12(18(2)3)13-7-6-9-20-13/h6-7,9,12H,5,8,10-11H2,1-4H3,(H2,15,16,17). The molecular weight excluding hydrogens is 256 g/mol. The minimum absolute atomic E-state index is 0.128. The van der Waals surface area contributed by atoms with Gasteiger partial charge in [-0.25, -0.2) is 0 Å². The SMILES string of the molecule is CCNC(=NCC(c1ccco1)N(C)C)NCCOC. The molecule has 1 rings (SSSR count). The predicted octanol–water partition coefficient (Wildman–Crippen LogP) is 1.08. The first-order valence-corrected chi connectivity index (χ1v) is 6.90. The first-order chi connectivity index (χ1) is 9.69. The highest BCUT2D eigenvalue weighted by Crippen LogP contribution is 2.18. The molecule has 0 bridgehead atoms. The molecule has 1 aromatic rings. The van der Waals surface area contributed by atoms with E-state index in [0.29, 0.717) is 13.2 Å². The number of hydrogen-bond donors (Lipinski definition) is 2. The first kappa shape index (κ1) is 16.5. The topological polar surface area (TPSA) is 62.0 Å². The zero-order valence-electron chi connectivity index (χ0n) is 12.8. The Labute approximate surface area is 121 Å². The summed E-state index contributed by atoms with van der Waals surface area (Å²) in [6.45, 7) is 4.88. The molecule has 0 spiro atoms. The molecule has 114 valence electrons. The molecule has 0 fully saturated rings. The predicted molar refractivity (Wildman–Crippen MR) is 81.0 cm³/mol. The lowest BCUT2D eigenvalue weighted by molar-refractivity contribution is 0.203. The molecule has 2 N–H and O–H groups in total. The van der Waals surface area contributed by atoms with Crippen LogP contribution < -0.4 is 10.6 Å². The average molecular weight is 282 g/mol. The maximum atomic E-state index is 5.48. The van der Waals surface area contributed by atoms with Crippen molar-refractivity contribution in [3.05, 3.63) is 24.2 Å². The van der Waals surface area contributed by atoms with Crippen molar-refractivity contribution in [3.8, 4) is 0 Å². The number of methoxy groups -OCH3 is 1. The van der Waals surface area contributed by atoms with E-state index in [2.05, 4.69) is 20.5 Å². The third-order valence-corrected chi connectivity index (χ3v) is 2.86. The second-order valence-electron chi connectivity index (χ2n) is 4.63. The van der Waals surface area contributed by atoms with E-state index in [9.17, 15) is 0 Å². The van der Waals surface area contributed by atoms with E-state index >= 15 is 0 Å². The Morgan fingerprint density at radius 1 is 1.45 bits per heavy atom. The van der Waals surface area contributed by atoms with Crippen LogP contribution in [0.15, 0.2) is 27.8 Å². The van der Waals surface area contributed by atoms with Crippen LogP contribution in [0.5, 0.6) is 0 Å². The Kier molecular flexibility index (Phi) is 7.75. The summed E-state index contributed by atoms with van der Waals surface area (Å²) in [6, 6.07) is 4.01. The summed E-state index contributed by atoms with van der Waals surface area (Å²) >= 11 is 0. The monoisotopic (exact) mass is 282 g/mol. The Bertz CT molecular complexity index is 377. The van der Waals surface area contributed by atoms with Crippen LogP contribution in [0.25, 0.3) is 0 Å². The Morgan fingerprint density at radius 2 is 2.25 bits per heavy atom. The van der Waals surface area contributed by atoms with Gasteiger partial charge in [-0.3, -0.25) is 9.89 Å². The van der Waals surface area contributed by atoms with Crippen molar-refractivity contribution >= 4 is 5.96 Å². The number of aliphatic imine (C=N–C) groups is 1. The van der Waals surface area contributed by atoms with Crippen molar-refractivity contribution in [1.82, 2.24) is 15.5 Å². The molecule has 1 aromatic heterocycles. The average Bonchev–Trinajstić information content (AvgIpc) is 2.92. The molecule has 0 aliphatic rings. The number of guanidine groups is 1. The van der Waals surface area contributed by atoms with Crippen molar-refractivity contribution in [2.24, 2.45) is 4.99 Å². The number of likely N-dealkylation sites (N-methyl/N-ethyl adjacent to an activating group) is 1. The molecule has 1 unspecified atom stereocenters. The second-order valence-corrected chi connectivity index (χ2v) is 4.63. The van der Waals surface area contributed by atoms with Crippen LogP contribution in [0.3, 0.4) is 0 Å². The third kappa shape index (κ3) is 5.63. The van der Waals surface area contributed by atoms with Crippen LogP contribution in [-0.2, 0) is 4.74 Å². The van der Waals surface area contributed by atoms with E-state index in [-0.39, 0.29) is 6.04 Å². The summed E-state index contributed by atoms with van der Waals surface area (Å²) in [6.07, 6.45) is 1.69. The van der Waals surface area contributed by atoms with Gasteiger partial charge in [-0.05, 0) is 33.2 Å². The van der Waals surface area contributed by atoms with Crippen LogP contribution >= 0.6 is 0 Å². The fourth-order valence-corrected chi connectivity index (χ4v) is 1.78. The quantitative estimate of drug-likeness (QED) is 0.424. The first-order valence-electron chi connectivity index (χ1n) is 6.90. The number of furan rings is 1. The minimum Gasteiger partial charge on any atom is -0.468 e. The molecule has 6 nitrogen and oxygen atoms in total. The van der Waals surface area contributed by atoms with E-state index in [1.807, 2.05) is 33.2 Å². The number of nitrogens with one attached hydrogen (secondary N) is 2. The van der Waals surface area contributed by atoms with E-state index in [1.165, 1.54) is 0 Å². The zero-order chi connectivity index (χ0) is 14.8. The summed E-state index contributed by atoms with van der Waals surface area (Å²) < 4.78 is 10.5. The highest BCUT2D eigenvalue weighted by Gasteiger charge is 2.16. The fourth-order valence-electron chi connectivity index (χ4n) is 1.78. The van der Waals surface area contributed by atoms with Crippen LogP contribution in [-0.4, -0.2) is 58.3 Å².